The number of halogens is 2. The van der Waals surface area contributed by atoms with Crippen LogP contribution in [0.25, 0.3) is 0 Å². The standard InChI is InChI=1S/C12H12F2N4O2S/c1-2-20-9-5-7(3-4-8(9)19)6-15-18-11(10(13)14)16-17-12(18)21/h3-6,10,19H,2H2,1H3,(H,17,21)/b15-6+. The first-order valence-corrected chi connectivity index (χ1v) is 6.39. The maximum atomic E-state index is 12.7. The lowest BCUT2D eigenvalue weighted by Gasteiger charge is -2.06. The molecule has 2 N–H and O–H groups in total. The summed E-state index contributed by atoms with van der Waals surface area (Å²) in [7, 11) is 0. The van der Waals surface area contributed by atoms with E-state index >= 15 is 0 Å². The van der Waals surface area contributed by atoms with Crippen LogP contribution in [-0.4, -0.2) is 32.8 Å². The van der Waals surface area contributed by atoms with E-state index in [1.807, 2.05) is 0 Å². The van der Waals surface area contributed by atoms with Crippen LogP contribution in [0.3, 0.4) is 0 Å². The molecule has 9 heteroatoms. The molecule has 0 atom stereocenters. The molecule has 0 amide bonds. The molecular formula is C12H12F2N4O2S. The molecule has 0 aliphatic carbocycles. The molecule has 1 heterocycles. The fourth-order valence-corrected chi connectivity index (χ4v) is 1.75. The summed E-state index contributed by atoms with van der Waals surface area (Å²) in [6, 6.07) is 4.52. The van der Waals surface area contributed by atoms with Crippen molar-refractivity contribution < 1.29 is 18.6 Å². The summed E-state index contributed by atoms with van der Waals surface area (Å²) in [6.07, 6.45) is -1.48. The smallest absolute Gasteiger partial charge is 0.299 e. The normalized spacial score (nSPS) is 11.4. The summed E-state index contributed by atoms with van der Waals surface area (Å²) >= 11 is 4.83. The molecule has 0 fully saturated rings. The van der Waals surface area contributed by atoms with Gasteiger partial charge in [-0.05, 0) is 42.9 Å². The van der Waals surface area contributed by atoms with Crippen molar-refractivity contribution in [2.45, 2.75) is 13.3 Å². The number of aromatic amines is 1. The lowest BCUT2D eigenvalue weighted by molar-refractivity contribution is 0.136. The molecule has 0 saturated carbocycles. The quantitative estimate of drug-likeness (QED) is 0.657. The SMILES string of the molecule is CCOc1cc(/C=N/n2c(C(F)F)n[nH]c2=S)ccc1O. The van der Waals surface area contributed by atoms with Crippen molar-refractivity contribution in [2.24, 2.45) is 5.10 Å². The number of rotatable bonds is 5. The predicted octanol–water partition coefficient (Wildman–Crippen LogP) is 2.86. The second-order valence-electron chi connectivity index (χ2n) is 3.90. The van der Waals surface area contributed by atoms with Gasteiger partial charge in [-0.15, -0.1) is 0 Å². The van der Waals surface area contributed by atoms with E-state index in [0.29, 0.717) is 12.2 Å². The van der Waals surface area contributed by atoms with Crippen LogP contribution in [0.15, 0.2) is 23.3 Å². The summed E-state index contributed by atoms with van der Waals surface area (Å²) in [6.45, 7) is 2.16. The molecule has 21 heavy (non-hydrogen) atoms. The molecule has 0 radical (unpaired) electrons. The number of aromatic nitrogens is 3. The summed E-state index contributed by atoms with van der Waals surface area (Å²) in [5.74, 6) is -0.298. The highest BCUT2D eigenvalue weighted by atomic mass is 32.1. The van der Waals surface area contributed by atoms with Gasteiger partial charge in [0.15, 0.2) is 11.5 Å². The number of phenols is 1. The molecule has 6 nitrogen and oxygen atoms in total. The van der Waals surface area contributed by atoms with Crippen molar-refractivity contribution in [3.8, 4) is 11.5 Å². The topological polar surface area (TPSA) is 75.4 Å². The summed E-state index contributed by atoms with van der Waals surface area (Å²) < 4.78 is 31.4. The second-order valence-corrected chi connectivity index (χ2v) is 4.29. The Balaban J connectivity index is 2.32. The van der Waals surface area contributed by atoms with Gasteiger partial charge in [0.05, 0.1) is 12.8 Å². The van der Waals surface area contributed by atoms with E-state index < -0.39 is 12.2 Å². The van der Waals surface area contributed by atoms with Gasteiger partial charge in [0.2, 0.25) is 10.6 Å². The van der Waals surface area contributed by atoms with Crippen LogP contribution in [0.1, 0.15) is 24.7 Å². The first kappa shape index (κ1) is 15.1. The summed E-state index contributed by atoms with van der Waals surface area (Å²) in [4.78, 5) is 0. The number of aromatic hydroxyl groups is 1. The van der Waals surface area contributed by atoms with Crippen LogP contribution in [0, 0.1) is 4.77 Å². The number of hydrogen-bond donors (Lipinski definition) is 2. The second kappa shape index (κ2) is 6.44. The van der Waals surface area contributed by atoms with Crippen LogP contribution in [0.4, 0.5) is 8.78 Å². The zero-order chi connectivity index (χ0) is 15.4. The Bertz CT molecular complexity index is 712. The first-order chi connectivity index (χ1) is 10.0. The fourth-order valence-electron chi connectivity index (χ4n) is 1.56. The summed E-state index contributed by atoms with van der Waals surface area (Å²) in [5.41, 5.74) is 0.555. The molecular weight excluding hydrogens is 302 g/mol. The van der Waals surface area contributed by atoms with Gasteiger partial charge in [0, 0.05) is 0 Å². The predicted molar refractivity (Wildman–Crippen MR) is 74.6 cm³/mol. The monoisotopic (exact) mass is 314 g/mol. The molecule has 0 aliphatic rings. The Morgan fingerprint density at radius 3 is 3.00 bits per heavy atom. The van der Waals surface area contributed by atoms with Crippen molar-refractivity contribution >= 4 is 18.4 Å². The van der Waals surface area contributed by atoms with E-state index in [4.69, 9.17) is 17.0 Å². The van der Waals surface area contributed by atoms with Crippen molar-refractivity contribution in [1.29, 1.82) is 0 Å². The number of H-pyrrole nitrogens is 1. The van der Waals surface area contributed by atoms with E-state index in [1.54, 1.807) is 13.0 Å². The molecule has 112 valence electrons. The third-order valence-corrected chi connectivity index (χ3v) is 2.74. The van der Waals surface area contributed by atoms with E-state index in [2.05, 4.69) is 15.3 Å². The Hall–Kier alpha value is -2.29. The fraction of sp³-hybridized carbons (Fsp3) is 0.250. The Morgan fingerprint density at radius 1 is 1.57 bits per heavy atom. The van der Waals surface area contributed by atoms with Crippen LogP contribution in [0.5, 0.6) is 11.5 Å². The number of alkyl halides is 2. The van der Waals surface area contributed by atoms with Crippen LogP contribution in [-0.2, 0) is 0 Å². The first-order valence-electron chi connectivity index (χ1n) is 5.98. The van der Waals surface area contributed by atoms with Gasteiger partial charge >= 0.3 is 0 Å². The van der Waals surface area contributed by atoms with E-state index in [9.17, 15) is 13.9 Å². The Morgan fingerprint density at radius 2 is 2.33 bits per heavy atom. The zero-order valence-corrected chi connectivity index (χ0v) is 11.8. The van der Waals surface area contributed by atoms with Gasteiger partial charge < -0.3 is 9.84 Å². The van der Waals surface area contributed by atoms with Crippen LogP contribution < -0.4 is 4.74 Å². The molecule has 0 saturated heterocycles. The number of benzene rings is 1. The lowest BCUT2D eigenvalue weighted by atomic mass is 10.2. The van der Waals surface area contributed by atoms with Gasteiger partial charge in [-0.1, -0.05) is 0 Å². The molecule has 0 bridgehead atoms. The van der Waals surface area contributed by atoms with E-state index in [-0.39, 0.29) is 16.3 Å². The molecule has 1 aromatic heterocycles. The molecule has 0 spiro atoms. The molecule has 0 aliphatic heterocycles. The van der Waals surface area contributed by atoms with Gasteiger partial charge in [0.1, 0.15) is 0 Å². The highest BCUT2D eigenvalue weighted by Crippen LogP contribution is 2.26. The maximum Gasteiger partial charge on any atom is 0.299 e. The minimum Gasteiger partial charge on any atom is -0.504 e. The lowest BCUT2D eigenvalue weighted by Crippen LogP contribution is -1.99. The maximum absolute atomic E-state index is 12.7. The highest BCUT2D eigenvalue weighted by Gasteiger charge is 2.15. The summed E-state index contributed by atoms with van der Waals surface area (Å²) in [5, 5.41) is 19.1. The van der Waals surface area contributed by atoms with Gasteiger partial charge in [-0.25, -0.2) is 13.9 Å². The van der Waals surface area contributed by atoms with E-state index in [0.717, 1.165) is 4.68 Å². The molecule has 1 aromatic carbocycles. The minimum atomic E-state index is -2.80. The number of nitrogens with one attached hydrogen (secondary N) is 1. The number of hydrogen-bond acceptors (Lipinski definition) is 5. The number of nitrogens with zero attached hydrogens (tertiary/aromatic N) is 3. The zero-order valence-electron chi connectivity index (χ0n) is 11.0. The van der Waals surface area contributed by atoms with E-state index in [1.165, 1.54) is 18.3 Å². The third-order valence-electron chi connectivity index (χ3n) is 2.48. The largest absolute Gasteiger partial charge is 0.504 e. The highest BCUT2D eigenvalue weighted by molar-refractivity contribution is 7.71. The van der Waals surface area contributed by atoms with Crippen LogP contribution >= 0.6 is 12.2 Å². The van der Waals surface area contributed by atoms with Crippen molar-refractivity contribution in [1.82, 2.24) is 14.9 Å². The number of phenolic OH excluding ortho intramolecular Hbond substituents is 1. The van der Waals surface area contributed by atoms with Crippen LogP contribution in [0.2, 0.25) is 0 Å². The molecule has 2 rings (SSSR count). The van der Waals surface area contributed by atoms with Crippen molar-refractivity contribution in [3.63, 3.8) is 0 Å². The molecule has 0 unspecified atom stereocenters. The third kappa shape index (κ3) is 3.43. The molecule has 2 aromatic rings. The van der Waals surface area contributed by atoms with Gasteiger partial charge in [-0.3, -0.25) is 0 Å². The van der Waals surface area contributed by atoms with Crippen molar-refractivity contribution in [2.75, 3.05) is 6.61 Å². The van der Waals surface area contributed by atoms with Gasteiger partial charge in [-0.2, -0.15) is 14.9 Å². The van der Waals surface area contributed by atoms with Crippen molar-refractivity contribution in [3.05, 3.63) is 34.4 Å². The average Bonchev–Trinajstić information content (AvgIpc) is 2.81. The number of ether oxygens (including phenoxy) is 1. The Kier molecular flexibility index (Phi) is 4.63. The Labute approximate surface area is 123 Å². The average molecular weight is 314 g/mol. The minimum absolute atomic E-state index is 0.0119. The van der Waals surface area contributed by atoms with Gasteiger partial charge in [0.25, 0.3) is 6.43 Å².